The minimum Gasteiger partial charge on any atom is -1.00 e. The molecular formula is C27H35Cl2N3. The predicted octanol–water partition coefficient (Wildman–Crippen LogP) is -1.01. The molecule has 0 aliphatic heterocycles. The van der Waals surface area contributed by atoms with Crippen LogP contribution in [0.4, 0.5) is 11.4 Å². The molecule has 0 N–H and O–H groups in total. The maximum atomic E-state index is 2.26. The van der Waals surface area contributed by atoms with Crippen molar-refractivity contribution in [3.05, 3.63) is 89.5 Å². The average Bonchev–Trinajstić information content (AvgIpc) is 2.74. The van der Waals surface area contributed by atoms with E-state index in [0.717, 1.165) is 11.0 Å². The number of hydrogen-bond acceptors (Lipinski definition) is 1. The van der Waals surface area contributed by atoms with Crippen LogP contribution in [0, 0.1) is 0 Å². The molecule has 2 aromatic rings. The summed E-state index contributed by atoms with van der Waals surface area (Å²) in [6, 6.07) is 17.9. The summed E-state index contributed by atoms with van der Waals surface area (Å²) < 4.78 is 2.94. The molecule has 5 heteroatoms. The van der Waals surface area contributed by atoms with Crippen molar-refractivity contribution in [1.29, 1.82) is 0 Å². The predicted molar refractivity (Wildman–Crippen MR) is 133 cm³/mol. The Bertz CT molecular complexity index is 1000. The minimum absolute atomic E-state index is 0. The maximum Gasteiger partial charge on any atom is 0.199 e. The molecule has 172 valence electrons. The van der Waals surface area contributed by atoms with E-state index in [1.165, 1.54) is 39.4 Å². The molecule has 0 bridgehead atoms. The Morgan fingerprint density at radius 2 is 1.25 bits per heavy atom. The van der Waals surface area contributed by atoms with E-state index in [4.69, 9.17) is 0 Å². The molecule has 0 unspecified atom stereocenters. The summed E-state index contributed by atoms with van der Waals surface area (Å²) in [5, 5.41) is 0. The Balaban J connectivity index is 0.00000256. The quantitative estimate of drug-likeness (QED) is 0.400. The van der Waals surface area contributed by atoms with Gasteiger partial charge in [-0.25, -0.2) is 4.58 Å². The maximum absolute atomic E-state index is 2.26. The molecule has 1 aliphatic rings. The van der Waals surface area contributed by atoms with E-state index in [1.54, 1.807) is 0 Å². The molecule has 0 heterocycles. The van der Waals surface area contributed by atoms with Crippen molar-refractivity contribution in [2.45, 2.75) is 6.92 Å². The lowest BCUT2D eigenvalue weighted by Crippen LogP contribution is -3.00. The van der Waals surface area contributed by atoms with Gasteiger partial charge in [0.2, 0.25) is 0 Å². The second-order valence-corrected chi connectivity index (χ2v) is 8.94. The van der Waals surface area contributed by atoms with Gasteiger partial charge in [-0.05, 0) is 77.7 Å². The summed E-state index contributed by atoms with van der Waals surface area (Å²) in [5.74, 6) is 0. The summed E-state index contributed by atoms with van der Waals surface area (Å²) in [5.41, 5.74) is 8.71. The van der Waals surface area contributed by atoms with Crippen LogP contribution in [0.25, 0.3) is 5.57 Å². The van der Waals surface area contributed by atoms with Crippen molar-refractivity contribution in [3.8, 4) is 0 Å². The third kappa shape index (κ3) is 6.35. The summed E-state index contributed by atoms with van der Waals surface area (Å²) in [6.07, 6.45) is 8.83. The van der Waals surface area contributed by atoms with Gasteiger partial charge in [-0.15, -0.1) is 0 Å². The highest BCUT2D eigenvalue weighted by atomic mass is 35.5. The number of nitrogens with zero attached hydrogens (tertiary/aromatic N) is 3. The van der Waals surface area contributed by atoms with E-state index in [2.05, 4.69) is 132 Å². The van der Waals surface area contributed by atoms with Crippen LogP contribution < -0.4 is 34.2 Å². The van der Waals surface area contributed by atoms with Gasteiger partial charge >= 0.3 is 0 Å². The van der Waals surface area contributed by atoms with Gasteiger partial charge in [0.25, 0.3) is 0 Å². The van der Waals surface area contributed by atoms with Gasteiger partial charge in [-0.1, -0.05) is 12.1 Å². The average molecular weight is 473 g/mol. The second-order valence-electron chi connectivity index (χ2n) is 8.94. The zero-order chi connectivity index (χ0) is 21.9. The lowest BCUT2D eigenvalue weighted by Gasteiger charge is -2.24. The minimum atomic E-state index is 0. The van der Waals surface area contributed by atoms with E-state index in [0.29, 0.717) is 0 Å². The third-order valence-corrected chi connectivity index (χ3v) is 5.67. The zero-order valence-corrected chi connectivity index (χ0v) is 21.7. The molecule has 0 fully saturated rings. The lowest BCUT2D eigenvalue weighted by molar-refractivity contribution is -0.462. The number of anilines is 1. The van der Waals surface area contributed by atoms with Gasteiger partial charge in [0.1, 0.15) is 19.8 Å². The molecule has 0 atom stereocenters. The molecule has 0 amide bonds. The van der Waals surface area contributed by atoms with Crippen LogP contribution in [0.5, 0.6) is 0 Å². The molecule has 1 aliphatic carbocycles. The fraction of sp³-hybridized carbons (Fsp3) is 0.296. The highest BCUT2D eigenvalue weighted by Gasteiger charge is 2.16. The van der Waals surface area contributed by atoms with Crippen molar-refractivity contribution < 1.29 is 29.4 Å². The van der Waals surface area contributed by atoms with Crippen LogP contribution in [0.15, 0.2) is 78.4 Å². The number of halogens is 2. The number of hydrogen-bond donors (Lipinski definition) is 0. The molecule has 0 aromatic heterocycles. The Kier molecular flexibility index (Phi) is 9.96. The van der Waals surface area contributed by atoms with Crippen molar-refractivity contribution in [2.24, 2.45) is 0 Å². The van der Waals surface area contributed by atoms with Crippen LogP contribution in [0.3, 0.4) is 0 Å². The Morgan fingerprint density at radius 3 is 1.66 bits per heavy atom. The van der Waals surface area contributed by atoms with E-state index in [-0.39, 0.29) is 24.8 Å². The SMILES string of the molecule is CCN(C)c1ccc(C(=C2C=CC(=[N+](C)C)C=C2)c2ccc([N+](C)(C)C)cc2)cc1.[Cl-].[Cl-]. The van der Waals surface area contributed by atoms with Gasteiger partial charge in [-0.3, -0.25) is 4.48 Å². The smallest absolute Gasteiger partial charge is 0.199 e. The number of quaternary nitrogens is 1. The normalized spacial score (nSPS) is 12.7. The van der Waals surface area contributed by atoms with Crippen LogP contribution in [0.1, 0.15) is 18.1 Å². The molecule has 0 saturated heterocycles. The first kappa shape index (κ1) is 27.7. The van der Waals surface area contributed by atoms with Gasteiger partial charge in [-0.2, -0.15) is 0 Å². The first-order chi connectivity index (χ1) is 14.2. The van der Waals surface area contributed by atoms with Crippen LogP contribution >= 0.6 is 0 Å². The third-order valence-electron chi connectivity index (χ3n) is 5.67. The topological polar surface area (TPSA) is 6.25 Å². The molecule has 0 spiro atoms. The number of rotatable bonds is 5. The summed E-state index contributed by atoms with van der Waals surface area (Å²) in [4.78, 5) is 2.26. The van der Waals surface area contributed by atoms with E-state index in [9.17, 15) is 0 Å². The largest absolute Gasteiger partial charge is 1.00 e. The Morgan fingerprint density at radius 1 is 0.781 bits per heavy atom. The zero-order valence-electron chi connectivity index (χ0n) is 20.2. The summed E-state index contributed by atoms with van der Waals surface area (Å²) >= 11 is 0. The molecule has 0 saturated carbocycles. The number of benzene rings is 2. The fourth-order valence-electron chi connectivity index (χ4n) is 3.57. The summed E-state index contributed by atoms with van der Waals surface area (Å²) in [6.45, 7) is 3.17. The van der Waals surface area contributed by atoms with E-state index >= 15 is 0 Å². The Hall–Kier alpha value is -2.33. The number of allylic oxidation sites excluding steroid dienone is 5. The van der Waals surface area contributed by atoms with Gasteiger partial charge in [0, 0.05) is 31.4 Å². The standard InChI is InChI=1S/C27H35N3.2ClH/c1-8-29(4)25-17-11-22(12-18-25)27(21-9-15-24(16-10-21)28(2)3)23-13-19-26(20-14-23)30(5,6)7;;/h9-20H,8H2,1-7H3;2*1H/q+2;;/p-2. The monoisotopic (exact) mass is 471 g/mol. The fourth-order valence-corrected chi connectivity index (χ4v) is 3.57. The molecular weight excluding hydrogens is 437 g/mol. The second kappa shape index (κ2) is 11.5. The summed E-state index contributed by atoms with van der Waals surface area (Å²) in [7, 11) is 12.9. The molecule has 3 rings (SSSR count). The van der Waals surface area contributed by atoms with Crippen molar-refractivity contribution >= 4 is 22.7 Å². The van der Waals surface area contributed by atoms with E-state index < -0.39 is 0 Å². The van der Waals surface area contributed by atoms with Crippen molar-refractivity contribution in [3.63, 3.8) is 0 Å². The first-order valence-electron chi connectivity index (χ1n) is 10.6. The Labute approximate surface area is 206 Å². The lowest BCUT2D eigenvalue weighted by atomic mass is 9.90. The van der Waals surface area contributed by atoms with Gasteiger partial charge in [0.15, 0.2) is 5.71 Å². The van der Waals surface area contributed by atoms with Crippen LogP contribution in [-0.2, 0) is 0 Å². The molecule has 32 heavy (non-hydrogen) atoms. The highest BCUT2D eigenvalue weighted by Crippen LogP contribution is 2.32. The van der Waals surface area contributed by atoms with E-state index in [1.807, 2.05) is 0 Å². The van der Waals surface area contributed by atoms with Gasteiger partial charge < -0.3 is 29.7 Å². The molecule has 3 nitrogen and oxygen atoms in total. The molecule has 0 radical (unpaired) electrons. The van der Waals surface area contributed by atoms with Crippen molar-refractivity contribution in [2.75, 3.05) is 53.7 Å². The van der Waals surface area contributed by atoms with Crippen LogP contribution in [-0.4, -0.2) is 59.1 Å². The highest BCUT2D eigenvalue weighted by molar-refractivity contribution is 6.04. The van der Waals surface area contributed by atoms with Crippen LogP contribution in [0.2, 0.25) is 0 Å². The molecule has 2 aromatic carbocycles. The first-order valence-corrected chi connectivity index (χ1v) is 10.6. The van der Waals surface area contributed by atoms with Gasteiger partial charge in [0.05, 0.1) is 21.1 Å². The van der Waals surface area contributed by atoms with Crippen molar-refractivity contribution in [1.82, 2.24) is 4.48 Å².